The highest BCUT2D eigenvalue weighted by Crippen LogP contribution is 2.27. The molecule has 0 spiro atoms. The van der Waals surface area contributed by atoms with Crippen molar-refractivity contribution in [3.8, 4) is 0 Å². The Kier molecular flexibility index (Phi) is 1.33. The molecule has 0 aromatic carbocycles. The SMILES string of the molecule is CSC1(C)N=CN=N1. The van der Waals surface area contributed by atoms with Gasteiger partial charge in [-0.15, -0.1) is 22.0 Å². The molecule has 0 N–H and O–H groups in total. The van der Waals surface area contributed by atoms with Gasteiger partial charge in [0.1, 0.15) is 6.34 Å². The molecule has 1 unspecified atom stereocenters. The first-order chi connectivity index (χ1) is 3.77. The lowest BCUT2D eigenvalue weighted by Crippen LogP contribution is -2.07. The lowest BCUT2D eigenvalue weighted by atomic mass is 10.6. The van der Waals surface area contributed by atoms with Crippen LogP contribution in [0, 0.1) is 0 Å². The fraction of sp³-hybridized carbons (Fsp3) is 0.750. The van der Waals surface area contributed by atoms with E-state index >= 15 is 0 Å². The van der Waals surface area contributed by atoms with Crippen molar-refractivity contribution in [1.29, 1.82) is 0 Å². The Labute approximate surface area is 52.3 Å². The van der Waals surface area contributed by atoms with Crippen molar-refractivity contribution in [1.82, 2.24) is 0 Å². The highest BCUT2D eigenvalue weighted by molar-refractivity contribution is 7.99. The molecule has 0 aliphatic carbocycles. The molecule has 1 aliphatic rings. The summed E-state index contributed by atoms with van der Waals surface area (Å²) in [5.74, 6) is 0. The molecule has 0 aromatic heterocycles. The van der Waals surface area contributed by atoms with Gasteiger partial charge in [0.05, 0.1) is 0 Å². The smallest absolute Gasteiger partial charge is 0.215 e. The third kappa shape index (κ3) is 0.888. The monoisotopic (exact) mass is 129 g/mol. The Balaban J connectivity index is 2.69. The Morgan fingerprint density at radius 1 is 1.62 bits per heavy atom. The molecule has 1 rings (SSSR count). The van der Waals surface area contributed by atoms with Crippen molar-refractivity contribution in [3.05, 3.63) is 0 Å². The Morgan fingerprint density at radius 3 is 2.62 bits per heavy atom. The standard InChI is InChI=1S/C4H7N3S/c1-4(8-2)5-3-6-7-4/h3H,1-2H3. The summed E-state index contributed by atoms with van der Waals surface area (Å²) in [6.45, 7) is 1.92. The molecule has 0 bridgehead atoms. The average molecular weight is 129 g/mol. The summed E-state index contributed by atoms with van der Waals surface area (Å²) in [4.78, 5) is 3.67. The molecule has 3 nitrogen and oxygen atoms in total. The summed E-state index contributed by atoms with van der Waals surface area (Å²) in [5.41, 5.74) is 0. The largest absolute Gasteiger partial charge is 0.230 e. The third-order valence-electron chi connectivity index (χ3n) is 0.979. The first-order valence-corrected chi connectivity index (χ1v) is 3.50. The van der Waals surface area contributed by atoms with Crippen LogP contribution in [-0.2, 0) is 0 Å². The van der Waals surface area contributed by atoms with Gasteiger partial charge in [-0.25, -0.2) is 4.99 Å². The van der Waals surface area contributed by atoms with Crippen molar-refractivity contribution in [2.45, 2.75) is 11.9 Å². The Morgan fingerprint density at radius 2 is 2.38 bits per heavy atom. The summed E-state index contributed by atoms with van der Waals surface area (Å²) in [6.07, 6.45) is 3.44. The fourth-order valence-corrected chi connectivity index (χ4v) is 0.667. The molecule has 4 heteroatoms. The van der Waals surface area contributed by atoms with E-state index in [9.17, 15) is 0 Å². The molecular formula is C4H7N3S. The van der Waals surface area contributed by atoms with Crippen molar-refractivity contribution in [2.24, 2.45) is 15.2 Å². The van der Waals surface area contributed by atoms with Gasteiger partial charge >= 0.3 is 0 Å². The number of hydrogen-bond acceptors (Lipinski definition) is 4. The predicted octanol–water partition coefficient (Wildman–Crippen LogP) is 1.52. The molecular weight excluding hydrogens is 122 g/mol. The second kappa shape index (κ2) is 1.85. The van der Waals surface area contributed by atoms with Gasteiger partial charge in [0.2, 0.25) is 4.99 Å². The van der Waals surface area contributed by atoms with E-state index in [-0.39, 0.29) is 4.99 Å². The summed E-state index contributed by atoms with van der Waals surface area (Å²) < 4.78 is 0. The summed E-state index contributed by atoms with van der Waals surface area (Å²) in [5, 5.41) is 7.47. The quantitative estimate of drug-likeness (QED) is 0.528. The van der Waals surface area contributed by atoms with Crippen molar-refractivity contribution in [2.75, 3.05) is 6.26 Å². The van der Waals surface area contributed by atoms with Crippen LogP contribution in [0.1, 0.15) is 6.92 Å². The lowest BCUT2D eigenvalue weighted by molar-refractivity contribution is 0.720. The molecule has 1 atom stereocenters. The number of rotatable bonds is 1. The maximum atomic E-state index is 3.99. The number of hydrogen-bond donors (Lipinski definition) is 0. The summed E-state index contributed by atoms with van der Waals surface area (Å²) in [7, 11) is 0. The zero-order valence-electron chi connectivity index (χ0n) is 4.83. The molecule has 0 saturated carbocycles. The first-order valence-electron chi connectivity index (χ1n) is 2.28. The van der Waals surface area contributed by atoms with E-state index in [1.165, 1.54) is 6.34 Å². The molecule has 0 saturated heterocycles. The minimum absolute atomic E-state index is 0.319. The second-order valence-corrected chi connectivity index (χ2v) is 2.78. The van der Waals surface area contributed by atoms with E-state index in [4.69, 9.17) is 0 Å². The molecule has 0 amide bonds. The topological polar surface area (TPSA) is 37.1 Å². The molecule has 0 radical (unpaired) electrons. The van der Waals surface area contributed by atoms with Crippen LogP contribution >= 0.6 is 11.8 Å². The predicted molar refractivity (Wildman–Crippen MR) is 35.3 cm³/mol. The van der Waals surface area contributed by atoms with E-state index in [0.717, 1.165) is 0 Å². The Hall–Kier alpha value is -0.380. The molecule has 44 valence electrons. The van der Waals surface area contributed by atoms with E-state index in [2.05, 4.69) is 15.2 Å². The van der Waals surface area contributed by atoms with E-state index in [1.54, 1.807) is 11.8 Å². The summed E-state index contributed by atoms with van der Waals surface area (Å²) in [6, 6.07) is 0. The summed E-state index contributed by atoms with van der Waals surface area (Å²) >= 11 is 1.58. The van der Waals surface area contributed by atoms with Gasteiger partial charge in [-0.05, 0) is 13.2 Å². The minimum Gasteiger partial charge on any atom is -0.230 e. The maximum Gasteiger partial charge on any atom is 0.215 e. The molecule has 0 fully saturated rings. The molecule has 8 heavy (non-hydrogen) atoms. The lowest BCUT2D eigenvalue weighted by Gasteiger charge is -2.09. The van der Waals surface area contributed by atoms with Crippen LogP contribution in [0.5, 0.6) is 0 Å². The number of thioether (sulfide) groups is 1. The van der Waals surface area contributed by atoms with Crippen LogP contribution in [-0.4, -0.2) is 17.6 Å². The van der Waals surface area contributed by atoms with Gasteiger partial charge in [-0.2, -0.15) is 0 Å². The number of aliphatic imine (C=N–C) groups is 1. The molecule has 0 aromatic rings. The maximum absolute atomic E-state index is 3.99. The zero-order chi connectivity index (χ0) is 6.04. The van der Waals surface area contributed by atoms with Crippen LogP contribution in [0.15, 0.2) is 15.2 Å². The first kappa shape index (κ1) is 5.75. The highest BCUT2D eigenvalue weighted by atomic mass is 32.2. The van der Waals surface area contributed by atoms with Gasteiger partial charge in [0.25, 0.3) is 0 Å². The van der Waals surface area contributed by atoms with Crippen LogP contribution in [0.4, 0.5) is 0 Å². The van der Waals surface area contributed by atoms with Crippen LogP contribution in [0.25, 0.3) is 0 Å². The van der Waals surface area contributed by atoms with Crippen LogP contribution < -0.4 is 0 Å². The molecule has 1 heterocycles. The van der Waals surface area contributed by atoms with Crippen LogP contribution in [0.2, 0.25) is 0 Å². The average Bonchev–Trinajstić information content (AvgIpc) is 2.17. The van der Waals surface area contributed by atoms with E-state index in [0.29, 0.717) is 0 Å². The fourth-order valence-electron chi connectivity index (χ4n) is 0.385. The zero-order valence-corrected chi connectivity index (χ0v) is 5.64. The minimum atomic E-state index is -0.319. The van der Waals surface area contributed by atoms with Gasteiger partial charge < -0.3 is 0 Å². The van der Waals surface area contributed by atoms with Crippen molar-refractivity contribution >= 4 is 18.1 Å². The number of nitrogens with zero attached hydrogens (tertiary/aromatic N) is 3. The van der Waals surface area contributed by atoms with E-state index in [1.807, 2.05) is 13.2 Å². The second-order valence-electron chi connectivity index (χ2n) is 1.60. The van der Waals surface area contributed by atoms with Crippen molar-refractivity contribution in [3.63, 3.8) is 0 Å². The van der Waals surface area contributed by atoms with Crippen LogP contribution in [0.3, 0.4) is 0 Å². The van der Waals surface area contributed by atoms with Gasteiger partial charge in [-0.3, -0.25) is 0 Å². The number of azo groups is 1. The van der Waals surface area contributed by atoms with Gasteiger partial charge in [0, 0.05) is 0 Å². The Bertz CT molecular complexity index is 128. The highest BCUT2D eigenvalue weighted by Gasteiger charge is 2.21. The third-order valence-corrected chi connectivity index (χ3v) is 1.94. The van der Waals surface area contributed by atoms with Gasteiger partial charge in [-0.1, -0.05) is 0 Å². The van der Waals surface area contributed by atoms with Gasteiger partial charge in [0.15, 0.2) is 0 Å². The normalized spacial score (nSPS) is 34.2. The molecule has 1 aliphatic heterocycles. The van der Waals surface area contributed by atoms with E-state index < -0.39 is 0 Å². The van der Waals surface area contributed by atoms with Crippen molar-refractivity contribution < 1.29 is 0 Å².